The highest BCUT2D eigenvalue weighted by molar-refractivity contribution is 6.05. The van der Waals surface area contributed by atoms with E-state index in [2.05, 4.69) is 20.4 Å². The summed E-state index contributed by atoms with van der Waals surface area (Å²) in [5.41, 5.74) is -1.27. The lowest BCUT2D eigenvalue weighted by Gasteiger charge is -2.73. The van der Waals surface area contributed by atoms with Crippen LogP contribution in [0.5, 0.6) is 0 Å². The Morgan fingerprint density at radius 2 is 1.94 bits per heavy atom. The monoisotopic (exact) mass is 446 g/mol. The van der Waals surface area contributed by atoms with Crippen molar-refractivity contribution in [2.45, 2.75) is 77.2 Å². The van der Waals surface area contributed by atoms with Crippen LogP contribution >= 0.6 is 0 Å². The molecule has 32 heavy (non-hydrogen) atoms. The molecule has 7 aliphatic rings. The maximum Gasteiger partial charge on any atom is 0.208 e. The van der Waals surface area contributed by atoms with E-state index in [1.165, 1.54) is 5.57 Å². The molecule has 0 aromatic carbocycles. The molecule has 3 aliphatic heterocycles. The number of carbonyl (C=O) groups excluding carboxylic acids is 1. The number of aliphatic hydroxyl groups is 3. The number of ketones is 1. The zero-order chi connectivity index (χ0) is 22.8. The smallest absolute Gasteiger partial charge is 0.208 e. The molecule has 7 heteroatoms. The van der Waals surface area contributed by atoms with Crippen molar-refractivity contribution in [3.05, 3.63) is 23.5 Å². The average molecular weight is 447 g/mol. The third-order valence-electron chi connectivity index (χ3n) is 9.83. The summed E-state index contributed by atoms with van der Waals surface area (Å²) in [6, 6.07) is 0. The van der Waals surface area contributed by atoms with Crippen LogP contribution in [0.3, 0.4) is 0 Å². The van der Waals surface area contributed by atoms with E-state index in [0.29, 0.717) is 25.0 Å². The summed E-state index contributed by atoms with van der Waals surface area (Å²) >= 11 is 0. The molecule has 7 rings (SSSR count). The third kappa shape index (κ3) is 2.02. The first-order chi connectivity index (χ1) is 15.1. The Balaban J connectivity index is 1.62. The molecule has 7 nitrogen and oxygen atoms in total. The molecule has 4 aliphatic carbocycles. The summed E-state index contributed by atoms with van der Waals surface area (Å²) < 4.78 is 18.4. The standard InChI is InChI=1S/C25H34O7/c1-5-30-16-9-6-13-10-22(3,4)17-20(28)25(29)24-15(23(17,11-31-25)21(13)32-16)8-7-14(19(24)27)12(2)18(24)26/h14-17,19-20,27-29H,2,5-11H2,1,3-4H3/t14-,15-,16+,17+,19+,20-,23-,24-,25+/m0/s1. The summed E-state index contributed by atoms with van der Waals surface area (Å²) in [6.07, 6.45) is 0.716. The van der Waals surface area contributed by atoms with Gasteiger partial charge in [-0.25, -0.2) is 0 Å². The van der Waals surface area contributed by atoms with Gasteiger partial charge >= 0.3 is 0 Å². The molecule has 3 N–H and O–H groups in total. The minimum absolute atomic E-state index is 0.149. The van der Waals surface area contributed by atoms with Crippen molar-refractivity contribution in [2.24, 2.45) is 34.0 Å². The quantitative estimate of drug-likeness (QED) is 0.558. The molecule has 2 spiro atoms. The highest BCUT2D eigenvalue weighted by Crippen LogP contribution is 2.77. The van der Waals surface area contributed by atoms with E-state index in [1.54, 1.807) is 0 Å². The van der Waals surface area contributed by atoms with Crippen molar-refractivity contribution in [3.63, 3.8) is 0 Å². The fourth-order valence-corrected chi connectivity index (χ4v) is 8.97. The fraction of sp³-hybridized carbons (Fsp3) is 0.800. The lowest BCUT2D eigenvalue weighted by atomic mass is 9.36. The zero-order valence-corrected chi connectivity index (χ0v) is 19.1. The summed E-state index contributed by atoms with van der Waals surface area (Å²) in [4.78, 5) is 13.8. The lowest BCUT2D eigenvalue weighted by molar-refractivity contribution is -0.444. The van der Waals surface area contributed by atoms with E-state index >= 15 is 0 Å². The second-order valence-corrected chi connectivity index (χ2v) is 11.5. The third-order valence-corrected chi connectivity index (χ3v) is 9.83. The Bertz CT molecular complexity index is 939. The first kappa shape index (κ1) is 21.3. The van der Waals surface area contributed by atoms with Crippen LogP contribution in [0.4, 0.5) is 0 Å². The zero-order valence-electron chi connectivity index (χ0n) is 19.1. The molecule has 4 bridgehead atoms. The lowest BCUT2D eigenvalue weighted by Crippen LogP contribution is -2.84. The van der Waals surface area contributed by atoms with Gasteiger partial charge in [0.15, 0.2) is 12.1 Å². The van der Waals surface area contributed by atoms with E-state index in [1.807, 2.05) is 6.92 Å². The molecule has 3 heterocycles. The Hall–Kier alpha value is -1.25. The van der Waals surface area contributed by atoms with Gasteiger partial charge in [0.1, 0.15) is 17.3 Å². The molecule has 176 valence electrons. The van der Waals surface area contributed by atoms with Crippen LogP contribution in [0, 0.1) is 34.0 Å². The van der Waals surface area contributed by atoms with Gasteiger partial charge in [-0.15, -0.1) is 0 Å². The van der Waals surface area contributed by atoms with Crippen LogP contribution in [-0.2, 0) is 19.0 Å². The normalized spacial score (nSPS) is 52.9. The Kier molecular flexibility index (Phi) is 4.16. The van der Waals surface area contributed by atoms with Crippen LogP contribution < -0.4 is 0 Å². The SMILES string of the molecule is C=C1C(=O)[C@]23[C@H](O)[C@H]1CC[C@H]2[C@@]12CO[C@]3(O)[C@@H](O)[C@@H]1C(C)(C)CC1=C2O[C@@H](OCC)CC1. The summed E-state index contributed by atoms with van der Waals surface area (Å²) in [5.74, 6) is -2.95. The maximum atomic E-state index is 13.8. The average Bonchev–Trinajstić information content (AvgIpc) is 2.84. The van der Waals surface area contributed by atoms with Crippen molar-refractivity contribution in [1.29, 1.82) is 0 Å². The van der Waals surface area contributed by atoms with Gasteiger partial charge in [0, 0.05) is 24.9 Å². The van der Waals surface area contributed by atoms with E-state index in [0.717, 1.165) is 25.0 Å². The Morgan fingerprint density at radius 1 is 1.19 bits per heavy atom. The number of aliphatic hydroxyl groups excluding tert-OH is 2. The molecule has 0 aromatic rings. The molecular weight excluding hydrogens is 412 g/mol. The molecule has 9 atom stereocenters. The number of rotatable bonds is 2. The second kappa shape index (κ2) is 6.25. The van der Waals surface area contributed by atoms with E-state index in [9.17, 15) is 20.1 Å². The molecule has 0 aromatic heterocycles. The van der Waals surface area contributed by atoms with Gasteiger partial charge in [-0.2, -0.15) is 0 Å². The number of allylic oxidation sites excluding steroid dienone is 1. The van der Waals surface area contributed by atoms with Crippen molar-refractivity contribution >= 4 is 5.78 Å². The number of hydrogen-bond donors (Lipinski definition) is 3. The van der Waals surface area contributed by atoms with Gasteiger partial charge < -0.3 is 29.5 Å². The summed E-state index contributed by atoms with van der Waals surface area (Å²) in [7, 11) is 0. The van der Waals surface area contributed by atoms with Crippen molar-refractivity contribution in [3.8, 4) is 0 Å². The number of Topliss-reactive ketones (excluding diaryl/α,β-unsaturated/α-hetero) is 1. The second-order valence-electron chi connectivity index (χ2n) is 11.5. The van der Waals surface area contributed by atoms with Gasteiger partial charge in [-0.3, -0.25) is 4.79 Å². The van der Waals surface area contributed by atoms with Gasteiger partial charge in [0.2, 0.25) is 5.79 Å². The minimum atomic E-state index is -2.15. The molecule has 0 unspecified atom stereocenters. The van der Waals surface area contributed by atoms with E-state index in [-0.39, 0.29) is 30.0 Å². The first-order valence-corrected chi connectivity index (χ1v) is 12.0. The molecule has 0 amide bonds. The van der Waals surface area contributed by atoms with E-state index < -0.39 is 40.7 Å². The Labute approximate surface area is 188 Å². The van der Waals surface area contributed by atoms with Crippen LogP contribution in [0.1, 0.15) is 52.9 Å². The molecule has 0 radical (unpaired) electrons. The topological polar surface area (TPSA) is 105 Å². The number of fused-ring (bicyclic) bond motifs is 2. The maximum absolute atomic E-state index is 13.8. The predicted molar refractivity (Wildman–Crippen MR) is 113 cm³/mol. The van der Waals surface area contributed by atoms with E-state index in [4.69, 9.17) is 14.2 Å². The minimum Gasteiger partial charge on any atom is -0.469 e. The first-order valence-electron chi connectivity index (χ1n) is 12.0. The van der Waals surface area contributed by atoms with Gasteiger partial charge in [0.25, 0.3) is 0 Å². The summed E-state index contributed by atoms with van der Waals surface area (Å²) in [5, 5.41) is 35.2. The highest BCUT2D eigenvalue weighted by Gasteiger charge is 2.87. The fourth-order valence-electron chi connectivity index (χ4n) is 8.97. The molecular formula is C25H34O7. The van der Waals surface area contributed by atoms with Crippen molar-refractivity contribution < 1.29 is 34.3 Å². The highest BCUT2D eigenvalue weighted by atomic mass is 16.7. The van der Waals surface area contributed by atoms with Crippen LogP contribution in [-0.4, -0.2) is 58.6 Å². The van der Waals surface area contributed by atoms with Gasteiger partial charge in [-0.1, -0.05) is 20.4 Å². The predicted octanol–water partition coefficient (Wildman–Crippen LogP) is 2.05. The molecule has 5 fully saturated rings. The number of hydrogen-bond acceptors (Lipinski definition) is 7. The van der Waals surface area contributed by atoms with Gasteiger partial charge in [-0.05, 0) is 55.1 Å². The van der Waals surface area contributed by atoms with Crippen LogP contribution in [0.2, 0.25) is 0 Å². The van der Waals surface area contributed by atoms with Gasteiger partial charge in [0.05, 0.1) is 18.1 Å². The number of ether oxygens (including phenoxy) is 3. The van der Waals surface area contributed by atoms with Crippen LogP contribution in [0.15, 0.2) is 23.5 Å². The summed E-state index contributed by atoms with van der Waals surface area (Å²) in [6.45, 7) is 10.8. The number of carbonyl (C=O) groups is 1. The van der Waals surface area contributed by atoms with Crippen molar-refractivity contribution in [2.75, 3.05) is 13.2 Å². The largest absolute Gasteiger partial charge is 0.469 e. The molecule has 2 saturated heterocycles. The van der Waals surface area contributed by atoms with Crippen molar-refractivity contribution in [1.82, 2.24) is 0 Å². The Morgan fingerprint density at radius 3 is 2.66 bits per heavy atom. The molecule has 3 saturated carbocycles. The van der Waals surface area contributed by atoms with Crippen LogP contribution in [0.25, 0.3) is 0 Å².